The molecule has 0 aliphatic heterocycles. The molecule has 8 heteroatoms. The molecule has 0 saturated heterocycles. The van der Waals surface area contributed by atoms with Crippen molar-refractivity contribution in [3.05, 3.63) is 50.4 Å². The molecule has 0 amide bonds. The number of nitriles is 1. The van der Waals surface area contributed by atoms with Gasteiger partial charge < -0.3 is 5.32 Å². The van der Waals surface area contributed by atoms with Gasteiger partial charge in [-0.1, -0.05) is 31.4 Å². The second kappa shape index (κ2) is 8.55. The molecule has 2 aromatic rings. The Balaban J connectivity index is 2.02. The lowest BCUT2D eigenvalue weighted by atomic mass is 9.95. The van der Waals surface area contributed by atoms with Gasteiger partial charge in [-0.3, -0.25) is 14.9 Å². The first-order valence-electron chi connectivity index (χ1n) is 8.71. The van der Waals surface area contributed by atoms with E-state index in [4.69, 9.17) is 0 Å². The van der Waals surface area contributed by atoms with Crippen LogP contribution in [0.25, 0.3) is 0 Å². The van der Waals surface area contributed by atoms with Gasteiger partial charge in [-0.2, -0.15) is 5.26 Å². The zero-order chi connectivity index (χ0) is 19.4. The third-order valence-electron chi connectivity index (χ3n) is 4.65. The molecule has 0 spiro atoms. The molecule has 1 aromatic carbocycles. The predicted molar refractivity (Wildman–Crippen MR) is 108 cm³/mol. The maximum absolute atomic E-state index is 13.1. The number of ketones is 1. The van der Waals surface area contributed by atoms with E-state index in [1.807, 2.05) is 6.26 Å². The Labute approximate surface area is 165 Å². The number of thiophene rings is 1. The number of non-ortho nitro benzene ring substituents is 1. The Morgan fingerprint density at radius 2 is 2.11 bits per heavy atom. The minimum Gasteiger partial charge on any atom is -0.380 e. The van der Waals surface area contributed by atoms with Gasteiger partial charge in [-0.15, -0.1) is 23.1 Å². The lowest BCUT2D eigenvalue weighted by molar-refractivity contribution is -0.384. The van der Waals surface area contributed by atoms with Crippen LogP contribution in [0.1, 0.15) is 52.9 Å². The van der Waals surface area contributed by atoms with Crippen LogP contribution in [-0.2, 0) is 0 Å². The van der Waals surface area contributed by atoms with E-state index in [0.717, 1.165) is 29.9 Å². The first kappa shape index (κ1) is 19.4. The molecule has 0 radical (unpaired) electrons. The zero-order valence-electron chi connectivity index (χ0n) is 14.9. The molecular weight excluding hydrogens is 382 g/mol. The van der Waals surface area contributed by atoms with Crippen molar-refractivity contribution in [2.45, 2.75) is 42.4 Å². The average Bonchev–Trinajstić information content (AvgIpc) is 3.05. The van der Waals surface area contributed by atoms with Gasteiger partial charge in [0, 0.05) is 23.7 Å². The number of rotatable bonds is 6. The second-order valence-electron chi connectivity index (χ2n) is 6.40. The van der Waals surface area contributed by atoms with Crippen LogP contribution in [0.5, 0.6) is 0 Å². The van der Waals surface area contributed by atoms with Gasteiger partial charge in [0.15, 0.2) is 0 Å². The summed E-state index contributed by atoms with van der Waals surface area (Å²) in [6.07, 6.45) is 7.38. The summed E-state index contributed by atoms with van der Waals surface area (Å²) in [5, 5.41) is 24.1. The molecule has 1 aliphatic rings. The van der Waals surface area contributed by atoms with Gasteiger partial charge >= 0.3 is 0 Å². The fraction of sp³-hybridized carbons (Fsp3) is 0.368. The molecule has 27 heavy (non-hydrogen) atoms. The fourth-order valence-corrected chi connectivity index (χ4v) is 5.14. The number of anilines is 1. The van der Waals surface area contributed by atoms with Crippen LogP contribution in [0.4, 0.5) is 11.4 Å². The lowest BCUT2D eigenvalue weighted by Crippen LogP contribution is -2.23. The van der Waals surface area contributed by atoms with Crippen molar-refractivity contribution in [3.8, 4) is 6.07 Å². The van der Waals surface area contributed by atoms with E-state index < -0.39 is 4.92 Å². The number of nitro groups is 1. The summed E-state index contributed by atoms with van der Waals surface area (Å²) < 4.78 is 0.782. The van der Waals surface area contributed by atoms with Crippen molar-refractivity contribution in [2.24, 2.45) is 0 Å². The largest absolute Gasteiger partial charge is 0.380 e. The Hall–Kier alpha value is -2.37. The average molecular weight is 402 g/mol. The summed E-state index contributed by atoms with van der Waals surface area (Å²) in [4.78, 5) is 24.1. The number of carbonyl (C=O) groups excluding carboxylic acids is 1. The minimum atomic E-state index is -0.513. The van der Waals surface area contributed by atoms with E-state index in [9.17, 15) is 20.2 Å². The van der Waals surface area contributed by atoms with Crippen molar-refractivity contribution in [3.63, 3.8) is 0 Å². The first-order chi connectivity index (χ1) is 13.0. The fourth-order valence-electron chi connectivity index (χ4n) is 3.30. The van der Waals surface area contributed by atoms with Crippen molar-refractivity contribution in [2.75, 3.05) is 11.6 Å². The van der Waals surface area contributed by atoms with Crippen LogP contribution < -0.4 is 5.32 Å². The van der Waals surface area contributed by atoms with Gasteiger partial charge in [-0.25, -0.2) is 0 Å². The van der Waals surface area contributed by atoms with Crippen LogP contribution in [0.15, 0.2) is 28.5 Å². The highest BCUT2D eigenvalue weighted by Crippen LogP contribution is 2.41. The smallest absolute Gasteiger partial charge is 0.270 e. The van der Waals surface area contributed by atoms with Crippen molar-refractivity contribution < 1.29 is 9.72 Å². The highest BCUT2D eigenvalue weighted by atomic mass is 32.2. The molecule has 1 aromatic heterocycles. The quantitative estimate of drug-likeness (QED) is 0.308. The van der Waals surface area contributed by atoms with E-state index in [2.05, 4.69) is 11.4 Å². The molecule has 0 unspecified atom stereocenters. The molecule has 140 valence electrons. The maximum Gasteiger partial charge on any atom is 0.270 e. The van der Waals surface area contributed by atoms with Gasteiger partial charge in [0.2, 0.25) is 5.78 Å². The number of nitro benzene ring substituents is 1. The van der Waals surface area contributed by atoms with E-state index in [0.29, 0.717) is 16.1 Å². The van der Waals surface area contributed by atoms with Crippen LogP contribution in [0.3, 0.4) is 0 Å². The Kier molecular flexibility index (Phi) is 6.14. The normalized spacial score (nSPS) is 14.5. The number of thioether (sulfide) groups is 1. The molecule has 1 aliphatic carbocycles. The molecule has 1 heterocycles. The third-order valence-corrected chi connectivity index (χ3v) is 6.96. The summed E-state index contributed by atoms with van der Waals surface area (Å²) in [5.74, 6) is -0.293. The number of nitrogens with zero attached hydrogens (tertiary/aromatic N) is 2. The summed E-state index contributed by atoms with van der Waals surface area (Å²) in [6.45, 7) is 0. The summed E-state index contributed by atoms with van der Waals surface area (Å²) in [7, 11) is 0. The molecule has 0 atom stereocenters. The third kappa shape index (κ3) is 4.15. The van der Waals surface area contributed by atoms with E-state index in [1.54, 1.807) is 6.07 Å². The maximum atomic E-state index is 13.1. The number of carbonyl (C=O) groups is 1. The second-order valence-corrected chi connectivity index (χ2v) is 8.50. The van der Waals surface area contributed by atoms with E-state index >= 15 is 0 Å². The summed E-state index contributed by atoms with van der Waals surface area (Å²) >= 11 is 2.71. The van der Waals surface area contributed by atoms with Crippen LogP contribution in [-0.4, -0.2) is 23.0 Å². The number of benzene rings is 1. The van der Waals surface area contributed by atoms with Crippen molar-refractivity contribution >= 4 is 40.3 Å². The monoisotopic (exact) mass is 401 g/mol. The van der Waals surface area contributed by atoms with E-state index in [1.165, 1.54) is 47.7 Å². The number of hydrogen-bond acceptors (Lipinski definition) is 7. The Bertz CT molecular complexity index is 911. The molecule has 3 rings (SSSR count). The van der Waals surface area contributed by atoms with Gasteiger partial charge in [0.1, 0.15) is 16.5 Å². The first-order valence-corrected chi connectivity index (χ1v) is 10.8. The lowest BCUT2D eigenvalue weighted by Gasteiger charge is -2.24. The number of hydrogen-bond donors (Lipinski definition) is 1. The summed E-state index contributed by atoms with van der Waals surface area (Å²) in [6, 6.07) is 8.20. The molecule has 1 N–H and O–H groups in total. The van der Waals surface area contributed by atoms with Gasteiger partial charge in [-0.05, 0) is 19.1 Å². The van der Waals surface area contributed by atoms with Crippen molar-refractivity contribution in [1.82, 2.24) is 0 Å². The van der Waals surface area contributed by atoms with Gasteiger partial charge in [0.05, 0.1) is 14.8 Å². The molecule has 6 nitrogen and oxygen atoms in total. The number of nitrogens with one attached hydrogen (secondary N) is 1. The minimum absolute atomic E-state index is 0.121. The molecular formula is C19H19N3O3S2. The Morgan fingerprint density at radius 1 is 1.37 bits per heavy atom. The SMILES string of the molecule is CSc1sc(C(=O)c2cccc([N+](=O)[O-])c2)c(NC2CCCCC2)c1C#N. The van der Waals surface area contributed by atoms with Crippen molar-refractivity contribution in [1.29, 1.82) is 5.26 Å². The molecule has 0 bridgehead atoms. The Morgan fingerprint density at radius 3 is 2.74 bits per heavy atom. The van der Waals surface area contributed by atoms with Crippen LogP contribution in [0.2, 0.25) is 0 Å². The molecule has 1 saturated carbocycles. The highest BCUT2D eigenvalue weighted by molar-refractivity contribution is 8.00. The van der Waals surface area contributed by atoms with Gasteiger partial charge in [0.25, 0.3) is 5.69 Å². The zero-order valence-corrected chi connectivity index (χ0v) is 16.5. The van der Waals surface area contributed by atoms with E-state index in [-0.39, 0.29) is 23.1 Å². The highest BCUT2D eigenvalue weighted by Gasteiger charge is 2.26. The summed E-state index contributed by atoms with van der Waals surface area (Å²) in [5.41, 5.74) is 1.21. The van der Waals surface area contributed by atoms with Crippen LogP contribution >= 0.6 is 23.1 Å². The molecule has 1 fully saturated rings. The van der Waals surface area contributed by atoms with Crippen LogP contribution in [0, 0.1) is 21.4 Å². The predicted octanol–water partition coefficient (Wildman–Crippen LogP) is 5.23. The standard InChI is InChI=1S/C19H19N3O3S2/c1-26-19-15(11-20)16(21-13-7-3-2-4-8-13)18(27-19)17(23)12-6-5-9-14(10-12)22(24)25/h5-6,9-10,13,21H,2-4,7-8H2,1H3. The topological polar surface area (TPSA) is 96.0 Å².